The zero-order chi connectivity index (χ0) is 17.0. The van der Waals surface area contributed by atoms with Crippen LogP contribution in [0.15, 0.2) is 34.3 Å². The molecule has 0 spiro atoms. The van der Waals surface area contributed by atoms with Gasteiger partial charge in [-0.2, -0.15) is 18.5 Å². The van der Waals surface area contributed by atoms with Crippen molar-refractivity contribution in [2.45, 2.75) is 31.1 Å². The highest BCUT2D eigenvalue weighted by Gasteiger charge is 2.29. The zero-order valence-corrected chi connectivity index (χ0v) is 13.3. The smallest absolute Gasteiger partial charge is 0.294 e. The SMILES string of the molecule is CCCCNC(=O)C1=NN(c2ccc(S(=O)(=O)O)cc2)C(=O)C1. The summed E-state index contributed by atoms with van der Waals surface area (Å²) in [7, 11) is -4.30. The van der Waals surface area contributed by atoms with E-state index in [4.69, 9.17) is 4.55 Å². The number of nitrogens with zero attached hydrogens (tertiary/aromatic N) is 2. The lowest BCUT2D eigenvalue weighted by Gasteiger charge is -2.11. The van der Waals surface area contributed by atoms with E-state index in [2.05, 4.69) is 10.4 Å². The van der Waals surface area contributed by atoms with Gasteiger partial charge in [0.25, 0.3) is 21.9 Å². The fourth-order valence-electron chi connectivity index (χ4n) is 2.00. The van der Waals surface area contributed by atoms with Crippen LogP contribution in [0.2, 0.25) is 0 Å². The lowest BCUT2D eigenvalue weighted by molar-refractivity contribution is -0.118. The third kappa shape index (κ3) is 4.14. The normalized spacial score (nSPS) is 14.8. The van der Waals surface area contributed by atoms with Gasteiger partial charge in [-0.1, -0.05) is 13.3 Å². The molecule has 1 aromatic carbocycles. The second kappa shape index (κ2) is 6.88. The first-order chi connectivity index (χ1) is 10.8. The van der Waals surface area contributed by atoms with Crippen LogP contribution in [0.1, 0.15) is 26.2 Å². The molecule has 1 aliphatic rings. The maximum absolute atomic E-state index is 12.0. The Balaban J connectivity index is 2.13. The van der Waals surface area contributed by atoms with Gasteiger partial charge in [-0.05, 0) is 30.7 Å². The second-order valence-corrected chi connectivity index (χ2v) is 6.43. The Morgan fingerprint density at radius 3 is 2.57 bits per heavy atom. The molecular weight excluding hydrogens is 322 g/mol. The monoisotopic (exact) mass is 339 g/mol. The molecule has 2 amide bonds. The molecule has 0 bridgehead atoms. The van der Waals surface area contributed by atoms with E-state index in [0.717, 1.165) is 30.0 Å². The number of hydrogen-bond donors (Lipinski definition) is 2. The van der Waals surface area contributed by atoms with Crippen LogP contribution in [0.5, 0.6) is 0 Å². The molecule has 0 radical (unpaired) electrons. The number of unbranched alkanes of at least 4 members (excludes halogenated alkanes) is 1. The van der Waals surface area contributed by atoms with Crippen molar-refractivity contribution in [3.8, 4) is 0 Å². The fourth-order valence-corrected chi connectivity index (χ4v) is 2.48. The largest absolute Gasteiger partial charge is 0.351 e. The Labute approximate surface area is 133 Å². The van der Waals surface area contributed by atoms with Gasteiger partial charge >= 0.3 is 0 Å². The highest BCUT2D eigenvalue weighted by molar-refractivity contribution is 7.85. The number of nitrogens with one attached hydrogen (secondary N) is 1. The highest BCUT2D eigenvalue weighted by Crippen LogP contribution is 2.22. The van der Waals surface area contributed by atoms with E-state index in [1.807, 2.05) is 6.92 Å². The summed E-state index contributed by atoms with van der Waals surface area (Å²) in [6.07, 6.45) is 1.67. The Morgan fingerprint density at radius 2 is 2.00 bits per heavy atom. The predicted octanol–water partition coefficient (Wildman–Crippen LogP) is 0.942. The molecule has 2 N–H and O–H groups in total. The van der Waals surface area contributed by atoms with E-state index in [1.54, 1.807) is 0 Å². The molecule has 1 aliphatic heterocycles. The van der Waals surface area contributed by atoms with E-state index in [1.165, 1.54) is 12.1 Å². The molecular formula is C14H17N3O5S. The molecule has 1 heterocycles. The summed E-state index contributed by atoms with van der Waals surface area (Å²) in [6.45, 7) is 2.52. The van der Waals surface area contributed by atoms with Crippen molar-refractivity contribution >= 4 is 33.3 Å². The summed E-state index contributed by atoms with van der Waals surface area (Å²) in [5.41, 5.74) is 0.434. The van der Waals surface area contributed by atoms with Gasteiger partial charge in [-0.3, -0.25) is 14.1 Å². The molecule has 0 aromatic heterocycles. The number of amides is 2. The second-order valence-electron chi connectivity index (χ2n) is 5.01. The van der Waals surface area contributed by atoms with E-state index in [-0.39, 0.29) is 28.8 Å². The molecule has 0 aliphatic carbocycles. The van der Waals surface area contributed by atoms with Crippen LogP contribution >= 0.6 is 0 Å². The maximum atomic E-state index is 12.0. The van der Waals surface area contributed by atoms with Gasteiger partial charge in [-0.15, -0.1) is 0 Å². The zero-order valence-electron chi connectivity index (χ0n) is 12.5. The lowest BCUT2D eigenvalue weighted by Crippen LogP contribution is -2.31. The first kappa shape index (κ1) is 17.1. The van der Waals surface area contributed by atoms with Crippen LogP contribution in [0.3, 0.4) is 0 Å². The number of benzene rings is 1. The van der Waals surface area contributed by atoms with Crippen LogP contribution in [-0.4, -0.2) is 37.0 Å². The fraction of sp³-hybridized carbons (Fsp3) is 0.357. The highest BCUT2D eigenvalue weighted by atomic mass is 32.2. The van der Waals surface area contributed by atoms with Crippen molar-refractivity contribution in [1.29, 1.82) is 0 Å². The molecule has 0 saturated heterocycles. The van der Waals surface area contributed by atoms with Crippen LogP contribution in [-0.2, 0) is 19.7 Å². The average Bonchev–Trinajstić information content (AvgIpc) is 2.89. The summed E-state index contributed by atoms with van der Waals surface area (Å²) in [4.78, 5) is 23.6. The first-order valence-corrected chi connectivity index (χ1v) is 8.53. The third-order valence-electron chi connectivity index (χ3n) is 3.23. The summed E-state index contributed by atoms with van der Waals surface area (Å²) in [6, 6.07) is 4.99. The summed E-state index contributed by atoms with van der Waals surface area (Å²) in [5.74, 6) is -0.769. The van der Waals surface area contributed by atoms with Crippen LogP contribution in [0, 0.1) is 0 Å². The van der Waals surface area contributed by atoms with Gasteiger partial charge in [0, 0.05) is 6.54 Å². The van der Waals surface area contributed by atoms with Gasteiger partial charge in [0.15, 0.2) is 0 Å². The molecule has 0 fully saturated rings. The number of rotatable bonds is 6. The van der Waals surface area contributed by atoms with E-state index >= 15 is 0 Å². The van der Waals surface area contributed by atoms with E-state index in [9.17, 15) is 18.0 Å². The van der Waals surface area contributed by atoms with Gasteiger partial charge in [-0.25, -0.2) is 0 Å². The van der Waals surface area contributed by atoms with Gasteiger partial charge < -0.3 is 5.32 Å². The standard InChI is InChI=1S/C14H17N3O5S/c1-2-3-8-15-14(19)12-9-13(18)17(16-12)10-4-6-11(7-5-10)23(20,21)22/h4-7H,2-3,8-9H2,1H3,(H,15,19)(H,20,21,22). The molecule has 0 unspecified atom stereocenters. The van der Waals surface area contributed by atoms with Crippen molar-refractivity contribution in [3.63, 3.8) is 0 Å². The first-order valence-electron chi connectivity index (χ1n) is 7.09. The van der Waals surface area contributed by atoms with Crippen molar-refractivity contribution in [3.05, 3.63) is 24.3 Å². The van der Waals surface area contributed by atoms with Crippen molar-refractivity contribution in [2.24, 2.45) is 5.10 Å². The topological polar surface area (TPSA) is 116 Å². The number of carbonyl (C=O) groups is 2. The minimum Gasteiger partial charge on any atom is -0.351 e. The van der Waals surface area contributed by atoms with Gasteiger partial charge in [0.1, 0.15) is 5.71 Å². The number of carbonyl (C=O) groups excluding carboxylic acids is 2. The summed E-state index contributed by atoms with van der Waals surface area (Å²) < 4.78 is 30.9. The van der Waals surface area contributed by atoms with Crippen LogP contribution in [0.25, 0.3) is 0 Å². The van der Waals surface area contributed by atoms with Crippen molar-refractivity contribution in [1.82, 2.24) is 5.32 Å². The molecule has 1 aromatic rings. The predicted molar refractivity (Wildman–Crippen MR) is 83.7 cm³/mol. The molecule has 9 heteroatoms. The number of hydrogen-bond acceptors (Lipinski definition) is 5. The van der Waals surface area contributed by atoms with Gasteiger partial charge in [0.05, 0.1) is 17.0 Å². The molecule has 0 atom stereocenters. The number of anilines is 1. The van der Waals surface area contributed by atoms with Crippen LogP contribution in [0.4, 0.5) is 5.69 Å². The Morgan fingerprint density at radius 1 is 1.35 bits per heavy atom. The quantitative estimate of drug-likeness (QED) is 0.591. The van der Waals surface area contributed by atoms with Crippen molar-refractivity contribution in [2.75, 3.05) is 11.6 Å². The van der Waals surface area contributed by atoms with E-state index in [0.29, 0.717) is 12.2 Å². The minimum atomic E-state index is -4.30. The molecule has 8 nitrogen and oxygen atoms in total. The van der Waals surface area contributed by atoms with Gasteiger partial charge in [0.2, 0.25) is 0 Å². The Bertz CT molecular complexity index is 740. The lowest BCUT2D eigenvalue weighted by atomic mass is 10.2. The summed E-state index contributed by atoms with van der Waals surface area (Å²) >= 11 is 0. The molecule has 23 heavy (non-hydrogen) atoms. The average molecular weight is 339 g/mol. The van der Waals surface area contributed by atoms with E-state index < -0.39 is 10.1 Å². The molecule has 2 rings (SSSR count). The van der Waals surface area contributed by atoms with Crippen molar-refractivity contribution < 1.29 is 22.6 Å². The Kier molecular flexibility index (Phi) is 5.12. The van der Waals surface area contributed by atoms with Crippen LogP contribution < -0.4 is 10.3 Å². The Hall–Kier alpha value is -2.26. The number of hydrazone groups is 1. The molecule has 124 valence electrons. The summed E-state index contributed by atoms with van der Waals surface area (Å²) in [5, 5.41) is 7.72. The third-order valence-corrected chi connectivity index (χ3v) is 4.10. The maximum Gasteiger partial charge on any atom is 0.294 e. The molecule has 0 saturated carbocycles. The minimum absolute atomic E-state index is 0.113.